The number of carbonyl (C=O) groups excluding carboxylic acids is 1. The second-order valence-electron chi connectivity index (χ2n) is 5.56. The average Bonchev–Trinajstić information content (AvgIpc) is 2.97. The van der Waals surface area contributed by atoms with Crippen LogP contribution in [0.15, 0.2) is 24.3 Å². The van der Waals surface area contributed by atoms with E-state index in [-0.39, 0.29) is 6.03 Å². The molecule has 21 heavy (non-hydrogen) atoms. The van der Waals surface area contributed by atoms with E-state index in [9.17, 15) is 9.59 Å². The topological polar surface area (TPSA) is 69.6 Å². The summed E-state index contributed by atoms with van der Waals surface area (Å²) in [5.41, 5.74) is 1.06. The van der Waals surface area contributed by atoms with Gasteiger partial charge >= 0.3 is 12.0 Å². The van der Waals surface area contributed by atoms with E-state index in [4.69, 9.17) is 5.11 Å². The molecule has 0 unspecified atom stereocenters. The fourth-order valence-corrected chi connectivity index (χ4v) is 2.69. The van der Waals surface area contributed by atoms with Gasteiger partial charge in [0.25, 0.3) is 0 Å². The zero-order valence-corrected chi connectivity index (χ0v) is 12.3. The molecule has 1 aromatic rings. The van der Waals surface area contributed by atoms with Gasteiger partial charge in [0.05, 0.1) is 5.56 Å². The molecule has 0 heterocycles. The van der Waals surface area contributed by atoms with Gasteiger partial charge in [-0.1, -0.05) is 31.0 Å². The second kappa shape index (κ2) is 7.11. The van der Waals surface area contributed by atoms with Crippen molar-refractivity contribution in [2.24, 2.45) is 0 Å². The lowest BCUT2D eigenvalue weighted by atomic mass is 10.0. The van der Waals surface area contributed by atoms with Gasteiger partial charge in [0.15, 0.2) is 0 Å². The number of amides is 2. The van der Waals surface area contributed by atoms with E-state index in [1.165, 1.54) is 12.8 Å². The Morgan fingerprint density at radius 3 is 2.62 bits per heavy atom. The first kappa shape index (κ1) is 15.4. The van der Waals surface area contributed by atoms with E-state index in [0.717, 1.165) is 18.4 Å². The Hall–Kier alpha value is -2.04. The molecule has 1 aromatic carbocycles. The van der Waals surface area contributed by atoms with Crippen LogP contribution >= 0.6 is 0 Å². The minimum absolute atomic E-state index is 0.0743. The SMILES string of the molecule is CN(CCc1ccccc1C(=O)O)C(=O)NC1CCCC1. The standard InChI is InChI=1S/C16H22N2O3/c1-18(16(21)17-13-7-3-4-8-13)11-10-12-6-2-5-9-14(12)15(19)20/h2,5-6,9,13H,3-4,7-8,10-11H2,1H3,(H,17,21)(H,19,20). The molecule has 0 aliphatic heterocycles. The molecular weight excluding hydrogens is 268 g/mol. The molecule has 1 aliphatic carbocycles. The van der Waals surface area contributed by atoms with Gasteiger partial charge in [-0.2, -0.15) is 0 Å². The summed E-state index contributed by atoms with van der Waals surface area (Å²) < 4.78 is 0. The molecule has 0 radical (unpaired) electrons. The first-order valence-electron chi connectivity index (χ1n) is 7.40. The van der Waals surface area contributed by atoms with Crippen molar-refractivity contribution in [3.8, 4) is 0 Å². The maximum absolute atomic E-state index is 12.0. The highest BCUT2D eigenvalue weighted by Gasteiger charge is 2.19. The molecule has 0 aromatic heterocycles. The number of urea groups is 1. The van der Waals surface area contributed by atoms with Crippen LogP contribution in [0.3, 0.4) is 0 Å². The fraction of sp³-hybridized carbons (Fsp3) is 0.500. The Bertz CT molecular complexity index is 510. The van der Waals surface area contributed by atoms with Gasteiger partial charge in [-0.05, 0) is 30.9 Å². The third-order valence-electron chi connectivity index (χ3n) is 3.99. The van der Waals surface area contributed by atoms with Crippen molar-refractivity contribution in [1.82, 2.24) is 10.2 Å². The number of carboxylic acids is 1. The Balaban J connectivity index is 1.87. The summed E-state index contributed by atoms with van der Waals surface area (Å²) in [6, 6.07) is 7.15. The Morgan fingerprint density at radius 2 is 1.95 bits per heavy atom. The Labute approximate surface area is 125 Å². The first-order valence-corrected chi connectivity index (χ1v) is 7.40. The summed E-state index contributed by atoms with van der Waals surface area (Å²) >= 11 is 0. The first-order chi connectivity index (χ1) is 10.1. The van der Waals surface area contributed by atoms with Crippen molar-refractivity contribution in [2.45, 2.75) is 38.1 Å². The summed E-state index contributed by atoms with van der Waals surface area (Å²) in [4.78, 5) is 24.8. The Kier molecular flexibility index (Phi) is 5.20. The Morgan fingerprint density at radius 1 is 1.29 bits per heavy atom. The zero-order chi connectivity index (χ0) is 15.2. The summed E-state index contributed by atoms with van der Waals surface area (Å²) in [5.74, 6) is -0.927. The monoisotopic (exact) mass is 290 g/mol. The van der Waals surface area contributed by atoms with Crippen LogP contribution < -0.4 is 5.32 Å². The number of benzene rings is 1. The van der Waals surface area contributed by atoms with Crippen molar-refractivity contribution < 1.29 is 14.7 Å². The molecule has 2 rings (SSSR count). The van der Waals surface area contributed by atoms with Crippen LogP contribution in [0.4, 0.5) is 4.79 Å². The van der Waals surface area contributed by atoms with E-state index < -0.39 is 5.97 Å². The van der Waals surface area contributed by atoms with Crippen LogP contribution in [0.25, 0.3) is 0 Å². The van der Waals surface area contributed by atoms with E-state index in [1.807, 2.05) is 6.07 Å². The lowest BCUT2D eigenvalue weighted by Gasteiger charge is -2.21. The van der Waals surface area contributed by atoms with Crippen LogP contribution in [-0.4, -0.2) is 41.6 Å². The van der Waals surface area contributed by atoms with E-state index in [0.29, 0.717) is 24.6 Å². The summed E-state index contributed by atoms with van der Waals surface area (Å²) in [5, 5.41) is 12.2. The largest absolute Gasteiger partial charge is 0.478 e. The summed E-state index contributed by atoms with van der Waals surface area (Å²) in [6.45, 7) is 0.503. The summed E-state index contributed by atoms with van der Waals surface area (Å²) in [6.07, 6.45) is 5.02. The van der Waals surface area contributed by atoms with Gasteiger partial charge in [0.2, 0.25) is 0 Å². The molecule has 5 heteroatoms. The number of nitrogens with one attached hydrogen (secondary N) is 1. The lowest BCUT2D eigenvalue weighted by Crippen LogP contribution is -2.42. The van der Waals surface area contributed by atoms with Crippen molar-refractivity contribution in [3.63, 3.8) is 0 Å². The maximum Gasteiger partial charge on any atom is 0.335 e. The molecule has 0 atom stereocenters. The van der Waals surface area contributed by atoms with Gasteiger partial charge in [-0.15, -0.1) is 0 Å². The van der Waals surface area contributed by atoms with Crippen LogP contribution in [-0.2, 0) is 6.42 Å². The van der Waals surface area contributed by atoms with E-state index in [1.54, 1.807) is 30.1 Å². The van der Waals surface area contributed by atoms with Crippen LogP contribution in [0.1, 0.15) is 41.6 Å². The van der Waals surface area contributed by atoms with Crippen LogP contribution in [0.5, 0.6) is 0 Å². The van der Waals surface area contributed by atoms with Crippen LogP contribution in [0, 0.1) is 0 Å². The highest BCUT2D eigenvalue weighted by molar-refractivity contribution is 5.89. The molecule has 2 amide bonds. The summed E-state index contributed by atoms with van der Waals surface area (Å²) in [7, 11) is 1.74. The molecular formula is C16H22N2O3. The highest BCUT2D eigenvalue weighted by atomic mass is 16.4. The van der Waals surface area contributed by atoms with Gasteiger partial charge in [0, 0.05) is 19.6 Å². The molecule has 0 bridgehead atoms. The smallest absolute Gasteiger partial charge is 0.335 e. The molecule has 1 aliphatic rings. The molecule has 1 saturated carbocycles. The number of carbonyl (C=O) groups is 2. The molecule has 0 saturated heterocycles. The predicted molar refractivity (Wildman–Crippen MR) is 80.5 cm³/mol. The van der Waals surface area contributed by atoms with Crippen molar-refractivity contribution in [1.29, 1.82) is 0 Å². The van der Waals surface area contributed by atoms with Gasteiger partial charge in [0.1, 0.15) is 0 Å². The number of likely N-dealkylation sites (N-methyl/N-ethyl adjacent to an activating group) is 1. The third kappa shape index (κ3) is 4.21. The zero-order valence-electron chi connectivity index (χ0n) is 12.3. The van der Waals surface area contributed by atoms with Crippen molar-refractivity contribution >= 4 is 12.0 Å². The number of rotatable bonds is 5. The number of aromatic carboxylic acids is 1. The van der Waals surface area contributed by atoms with Gasteiger partial charge < -0.3 is 15.3 Å². The molecule has 1 fully saturated rings. The quantitative estimate of drug-likeness (QED) is 0.875. The lowest BCUT2D eigenvalue weighted by molar-refractivity contribution is 0.0695. The second-order valence-corrected chi connectivity index (χ2v) is 5.56. The van der Waals surface area contributed by atoms with Crippen molar-refractivity contribution in [2.75, 3.05) is 13.6 Å². The molecule has 114 valence electrons. The van der Waals surface area contributed by atoms with Gasteiger partial charge in [-0.3, -0.25) is 0 Å². The fourth-order valence-electron chi connectivity index (χ4n) is 2.69. The molecule has 5 nitrogen and oxygen atoms in total. The average molecular weight is 290 g/mol. The number of hydrogen-bond acceptors (Lipinski definition) is 2. The highest BCUT2D eigenvalue weighted by Crippen LogP contribution is 2.17. The number of carboxylic acid groups (broad SMARTS) is 1. The van der Waals surface area contributed by atoms with Crippen LogP contribution in [0.2, 0.25) is 0 Å². The molecule has 2 N–H and O–H groups in total. The van der Waals surface area contributed by atoms with Gasteiger partial charge in [-0.25, -0.2) is 9.59 Å². The van der Waals surface area contributed by atoms with Crippen molar-refractivity contribution in [3.05, 3.63) is 35.4 Å². The third-order valence-corrected chi connectivity index (χ3v) is 3.99. The number of hydrogen-bond donors (Lipinski definition) is 2. The number of nitrogens with zero attached hydrogens (tertiary/aromatic N) is 1. The van der Waals surface area contributed by atoms with E-state index >= 15 is 0 Å². The van der Waals surface area contributed by atoms with E-state index in [2.05, 4.69) is 5.32 Å². The maximum atomic E-state index is 12.0. The molecule has 0 spiro atoms. The minimum atomic E-state index is -0.927. The normalized spacial score (nSPS) is 14.9. The predicted octanol–water partition coefficient (Wildman–Crippen LogP) is 2.51. The minimum Gasteiger partial charge on any atom is -0.478 e.